The molecule has 0 amide bonds. The van der Waals surface area contributed by atoms with Gasteiger partial charge in [0.25, 0.3) is 0 Å². The van der Waals surface area contributed by atoms with Crippen molar-refractivity contribution in [3.05, 3.63) is 5.21 Å². The van der Waals surface area contributed by atoms with Gasteiger partial charge in [-0.2, -0.15) is 0 Å². The monoisotopic (exact) mass is 171 g/mol. The molecule has 1 heterocycles. The number of ether oxygens (including phenoxy) is 1. The van der Waals surface area contributed by atoms with Crippen molar-refractivity contribution in [3.63, 3.8) is 0 Å². The molecule has 1 aliphatic rings. The van der Waals surface area contributed by atoms with Crippen molar-refractivity contribution in [2.24, 2.45) is 0 Å². The summed E-state index contributed by atoms with van der Waals surface area (Å²) in [5, 5.41) is 11.1. The number of hydroxylamine groups is 1. The van der Waals surface area contributed by atoms with Crippen LogP contribution in [0.25, 0.3) is 0 Å². The zero-order valence-electron chi connectivity index (χ0n) is 7.16. The summed E-state index contributed by atoms with van der Waals surface area (Å²) in [5.41, 5.74) is 0. The van der Waals surface area contributed by atoms with Crippen LogP contribution in [0.2, 0.25) is 0 Å². The average Bonchev–Trinajstić information content (AvgIpc) is 2.09. The van der Waals surface area contributed by atoms with E-state index in [-0.39, 0.29) is 18.4 Å². The molecule has 0 saturated heterocycles. The molecule has 1 aliphatic heterocycles. The minimum atomic E-state index is -0.309. The van der Waals surface area contributed by atoms with Crippen LogP contribution >= 0.6 is 0 Å². The summed E-state index contributed by atoms with van der Waals surface area (Å²) in [7, 11) is 1.34. The molecule has 1 rings (SSSR count). The number of carbonyl (C=O) groups is 1. The Balaban J connectivity index is 2.45. The van der Waals surface area contributed by atoms with E-state index in [2.05, 4.69) is 4.74 Å². The number of rotatable bonds is 2. The highest BCUT2D eigenvalue weighted by molar-refractivity contribution is 5.69. The van der Waals surface area contributed by atoms with Crippen molar-refractivity contribution >= 4 is 12.2 Å². The number of esters is 1. The third-order valence-electron chi connectivity index (χ3n) is 2.04. The fourth-order valence-electron chi connectivity index (χ4n) is 1.32. The summed E-state index contributed by atoms with van der Waals surface area (Å²) in [6.07, 6.45) is 4.39. The summed E-state index contributed by atoms with van der Waals surface area (Å²) in [6.45, 7) is 0. The Kier molecular flexibility index (Phi) is 3.08. The van der Waals surface area contributed by atoms with Crippen LogP contribution < -0.4 is 0 Å². The smallest absolute Gasteiger partial charge is 0.312 e. The number of nitrogens with zero attached hydrogens (tertiary/aromatic N) is 1. The van der Waals surface area contributed by atoms with Gasteiger partial charge in [0.15, 0.2) is 12.3 Å². The zero-order valence-corrected chi connectivity index (χ0v) is 7.16. The normalized spacial score (nSPS) is 23.1. The van der Waals surface area contributed by atoms with Gasteiger partial charge in [0.1, 0.15) is 6.42 Å². The number of carbonyl (C=O) groups excluding carboxylic acids is 1. The molecule has 1 unspecified atom stereocenters. The first-order valence-electron chi connectivity index (χ1n) is 4.09. The molecule has 0 aromatic carbocycles. The highest BCUT2D eigenvalue weighted by Gasteiger charge is 2.23. The molecule has 0 aliphatic carbocycles. The summed E-state index contributed by atoms with van der Waals surface area (Å²) in [5.74, 6) is -0.309. The van der Waals surface area contributed by atoms with Gasteiger partial charge in [-0.25, -0.2) is 4.74 Å². The molecule has 0 aromatic heterocycles. The average molecular weight is 171 g/mol. The predicted octanol–water partition coefficient (Wildman–Crippen LogP) is 0.683. The van der Waals surface area contributed by atoms with E-state index in [1.54, 1.807) is 6.21 Å². The SMILES string of the molecule is COC(=O)CC1CCCC=[N+]1[O-]. The van der Waals surface area contributed by atoms with E-state index in [1.165, 1.54) is 7.11 Å². The van der Waals surface area contributed by atoms with Gasteiger partial charge in [0, 0.05) is 12.8 Å². The van der Waals surface area contributed by atoms with Crippen molar-refractivity contribution < 1.29 is 14.3 Å². The van der Waals surface area contributed by atoms with Gasteiger partial charge >= 0.3 is 5.97 Å². The Labute approximate surface area is 71.4 Å². The standard InChI is InChI=1S/C8H13NO3/c1-12-8(10)6-7-4-2-3-5-9(7)11/h5,7H,2-4,6H2,1H3. The minimum absolute atomic E-state index is 0.203. The summed E-state index contributed by atoms with van der Waals surface area (Å²) in [6, 6.07) is -0.203. The second-order valence-electron chi connectivity index (χ2n) is 2.91. The lowest BCUT2D eigenvalue weighted by molar-refractivity contribution is -0.502. The molecule has 12 heavy (non-hydrogen) atoms. The molecule has 1 atom stereocenters. The van der Waals surface area contributed by atoms with Gasteiger partial charge < -0.3 is 9.94 Å². The molecule has 0 saturated carbocycles. The Hall–Kier alpha value is -1.06. The van der Waals surface area contributed by atoms with Crippen LogP contribution in [-0.4, -0.2) is 30.1 Å². The van der Waals surface area contributed by atoms with Crippen molar-refractivity contribution in [2.75, 3.05) is 7.11 Å². The van der Waals surface area contributed by atoms with Crippen molar-refractivity contribution in [1.29, 1.82) is 0 Å². The Morgan fingerprint density at radius 2 is 2.58 bits per heavy atom. The maximum absolute atomic E-state index is 11.1. The first-order chi connectivity index (χ1) is 5.74. The first kappa shape index (κ1) is 9.03. The largest absolute Gasteiger partial charge is 0.624 e. The fraction of sp³-hybridized carbons (Fsp3) is 0.750. The van der Waals surface area contributed by atoms with E-state index in [0.717, 1.165) is 24.0 Å². The summed E-state index contributed by atoms with van der Waals surface area (Å²) in [4.78, 5) is 10.8. The molecular formula is C8H13NO3. The molecule has 0 spiro atoms. The molecule has 0 radical (unpaired) electrons. The third kappa shape index (κ3) is 2.22. The quantitative estimate of drug-likeness (QED) is 0.349. The van der Waals surface area contributed by atoms with Gasteiger partial charge in [-0.3, -0.25) is 4.79 Å². The Bertz CT molecular complexity index is 200. The molecule has 0 fully saturated rings. The second-order valence-corrected chi connectivity index (χ2v) is 2.91. The predicted molar refractivity (Wildman–Crippen MR) is 44.0 cm³/mol. The molecule has 0 aromatic rings. The van der Waals surface area contributed by atoms with Gasteiger partial charge in [-0.1, -0.05) is 0 Å². The maximum Gasteiger partial charge on any atom is 0.312 e. The van der Waals surface area contributed by atoms with Crippen LogP contribution in [0.5, 0.6) is 0 Å². The molecule has 0 N–H and O–H groups in total. The van der Waals surface area contributed by atoms with E-state index < -0.39 is 0 Å². The van der Waals surface area contributed by atoms with E-state index in [1.807, 2.05) is 0 Å². The van der Waals surface area contributed by atoms with Crippen LogP contribution in [0.4, 0.5) is 0 Å². The van der Waals surface area contributed by atoms with Crippen LogP contribution in [-0.2, 0) is 9.53 Å². The van der Waals surface area contributed by atoms with E-state index >= 15 is 0 Å². The molecule has 4 nitrogen and oxygen atoms in total. The van der Waals surface area contributed by atoms with Crippen molar-refractivity contribution in [1.82, 2.24) is 0 Å². The Morgan fingerprint density at radius 3 is 3.17 bits per heavy atom. The van der Waals surface area contributed by atoms with Gasteiger partial charge in [0.2, 0.25) is 0 Å². The molecular weight excluding hydrogens is 158 g/mol. The molecule has 0 bridgehead atoms. The van der Waals surface area contributed by atoms with Gasteiger partial charge in [-0.15, -0.1) is 0 Å². The maximum atomic E-state index is 11.1. The lowest BCUT2D eigenvalue weighted by Crippen LogP contribution is -2.29. The number of hydrogen-bond acceptors (Lipinski definition) is 3. The Morgan fingerprint density at radius 1 is 1.83 bits per heavy atom. The van der Waals surface area contributed by atoms with Crippen LogP contribution in [0, 0.1) is 5.21 Å². The number of methoxy groups -OCH3 is 1. The fourth-order valence-corrected chi connectivity index (χ4v) is 1.32. The second kappa shape index (κ2) is 4.09. The number of hydrogen-bond donors (Lipinski definition) is 0. The third-order valence-corrected chi connectivity index (χ3v) is 2.04. The molecule has 4 heteroatoms. The summed E-state index contributed by atoms with van der Waals surface area (Å²) < 4.78 is 5.36. The zero-order chi connectivity index (χ0) is 8.97. The highest BCUT2D eigenvalue weighted by Crippen LogP contribution is 2.12. The van der Waals surface area contributed by atoms with Crippen LogP contribution in [0.15, 0.2) is 0 Å². The highest BCUT2D eigenvalue weighted by atomic mass is 16.5. The van der Waals surface area contributed by atoms with Crippen molar-refractivity contribution in [2.45, 2.75) is 31.7 Å². The molecule has 68 valence electrons. The lowest BCUT2D eigenvalue weighted by Gasteiger charge is -2.18. The first-order valence-corrected chi connectivity index (χ1v) is 4.09. The van der Waals surface area contributed by atoms with Crippen molar-refractivity contribution in [3.8, 4) is 0 Å². The summed E-state index contributed by atoms with van der Waals surface area (Å²) >= 11 is 0. The topological polar surface area (TPSA) is 52.4 Å². The minimum Gasteiger partial charge on any atom is -0.624 e. The van der Waals surface area contributed by atoms with E-state index in [4.69, 9.17) is 0 Å². The lowest BCUT2D eigenvalue weighted by atomic mass is 10.0. The van der Waals surface area contributed by atoms with E-state index in [0.29, 0.717) is 0 Å². The van der Waals surface area contributed by atoms with Gasteiger partial charge in [0.05, 0.1) is 7.11 Å². The van der Waals surface area contributed by atoms with Gasteiger partial charge in [-0.05, 0) is 6.42 Å². The van der Waals surface area contributed by atoms with Crippen LogP contribution in [0.3, 0.4) is 0 Å². The van der Waals surface area contributed by atoms with E-state index in [9.17, 15) is 10.0 Å². The van der Waals surface area contributed by atoms with Crippen LogP contribution in [0.1, 0.15) is 25.7 Å².